The molecule has 1 fully saturated rings. The number of rotatable bonds is 9. The Morgan fingerprint density at radius 1 is 1.29 bits per heavy atom. The molecule has 0 N–H and O–H groups in total. The van der Waals surface area contributed by atoms with Gasteiger partial charge in [0.05, 0.1) is 0 Å². The van der Waals surface area contributed by atoms with Gasteiger partial charge in [-0.1, -0.05) is 25.1 Å². The van der Waals surface area contributed by atoms with E-state index >= 15 is 0 Å². The molecule has 1 atom stereocenters. The van der Waals surface area contributed by atoms with E-state index in [9.17, 15) is 9.36 Å². The molecule has 0 aromatic heterocycles. The van der Waals surface area contributed by atoms with Crippen LogP contribution in [-0.2, 0) is 25.0 Å². The van der Waals surface area contributed by atoms with Crippen LogP contribution >= 0.6 is 7.37 Å². The zero-order chi connectivity index (χ0) is 15.3. The van der Waals surface area contributed by atoms with Crippen molar-refractivity contribution in [1.82, 2.24) is 0 Å². The Labute approximate surface area is 126 Å². The van der Waals surface area contributed by atoms with E-state index in [0.29, 0.717) is 6.61 Å². The number of benzene rings is 1. The molecule has 1 aliphatic rings. The lowest BCUT2D eigenvalue weighted by molar-refractivity contribution is -0.108. The molecule has 1 saturated carbocycles. The second-order valence-electron chi connectivity index (χ2n) is 5.27. The van der Waals surface area contributed by atoms with Crippen LogP contribution in [0.5, 0.6) is 0 Å². The molecule has 0 saturated heterocycles. The summed E-state index contributed by atoms with van der Waals surface area (Å²) in [5, 5.41) is 0.736. The molecule has 0 bridgehead atoms. The van der Waals surface area contributed by atoms with Crippen LogP contribution in [0, 0.1) is 0 Å². The van der Waals surface area contributed by atoms with Gasteiger partial charge in [0.1, 0.15) is 6.29 Å². The summed E-state index contributed by atoms with van der Waals surface area (Å²) in [6.45, 7) is 4.46. The molecule has 1 unspecified atom stereocenters. The molecule has 0 radical (unpaired) electrons. The predicted octanol–water partition coefficient (Wildman–Crippen LogP) is 3.28. The molecule has 1 aliphatic carbocycles. The molecular weight excluding hydrogens is 287 g/mol. The van der Waals surface area contributed by atoms with Crippen LogP contribution in [0.1, 0.15) is 38.7 Å². The molecular formula is C16H23O4P. The highest BCUT2D eigenvalue weighted by molar-refractivity contribution is 7.67. The number of ether oxygens (including phenoxy) is 1. The van der Waals surface area contributed by atoms with Crippen molar-refractivity contribution >= 4 is 19.0 Å². The molecule has 0 spiro atoms. The molecule has 0 heterocycles. The van der Waals surface area contributed by atoms with Gasteiger partial charge >= 0.3 is 0 Å². The van der Waals surface area contributed by atoms with Gasteiger partial charge in [-0.05, 0) is 25.0 Å². The molecule has 116 valence electrons. The average molecular weight is 310 g/mol. The van der Waals surface area contributed by atoms with Crippen molar-refractivity contribution in [2.24, 2.45) is 0 Å². The highest BCUT2D eigenvalue weighted by Crippen LogP contribution is 2.57. The Hall–Kier alpha value is -0.960. The summed E-state index contributed by atoms with van der Waals surface area (Å²) in [6.07, 6.45) is 3.58. The maximum Gasteiger partial charge on any atom is 0.235 e. The first kappa shape index (κ1) is 16.4. The molecule has 5 heteroatoms. The van der Waals surface area contributed by atoms with E-state index in [0.717, 1.165) is 36.4 Å². The summed E-state index contributed by atoms with van der Waals surface area (Å²) in [6, 6.07) is 7.62. The Bertz CT molecular complexity index is 537. The summed E-state index contributed by atoms with van der Waals surface area (Å²) >= 11 is 0. The fraction of sp³-hybridized carbons (Fsp3) is 0.562. The quantitative estimate of drug-likeness (QED) is 0.399. The fourth-order valence-corrected chi connectivity index (χ4v) is 5.11. The maximum atomic E-state index is 13.4. The van der Waals surface area contributed by atoms with Crippen molar-refractivity contribution < 1.29 is 18.6 Å². The monoisotopic (exact) mass is 310 g/mol. The van der Waals surface area contributed by atoms with Crippen LogP contribution in [-0.4, -0.2) is 24.8 Å². The van der Waals surface area contributed by atoms with Crippen LogP contribution in [0.25, 0.3) is 0 Å². The Morgan fingerprint density at radius 3 is 2.57 bits per heavy atom. The minimum atomic E-state index is -3.09. The number of aryl methyl sites for hydroxylation is 1. The van der Waals surface area contributed by atoms with E-state index in [2.05, 4.69) is 0 Å². The third kappa shape index (κ3) is 3.82. The number of carbonyl (C=O) groups is 1. The minimum Gasteiger partial charge on any atom is -0.350 e. The van der Waals surface area contributed by atoms with Crippen molar-refractivity contribution in [1.29, 1.82) is 0 Å². The summed E-state index contributed by atoms with van der Waals surface area (Å²) in [4.78, 5) is 10.7. The van der Waals surface area contributed by atoms with Gasteiger partial charge in [0, 0.05) is 37.3 Å². The van der Waals surface area contributed by atoms with Crippen molar-refractivity contribution in [3.8, 4) is 0 Å². The van der Waals surface area contributed by atoms with Gasteiger partial charge in [-0.25, -0.2) is 0 Å². The zero-order valence-corrected chi connectivity index (χ0v) is 13.6. The standard InChI is InChI=1S/C16H23O4P/c1-3-14-8-5-6-9-15(14)21(18,13-7-12-17)20-16(10-11-16)19-4-2/h5-6,8-9,12H,3-4,7,10-11,13H2,1-2H3. The molecule has 2 rings (SSSR count). The van der Waals surface area contributed by atoms with Crippen molar-refractivity contribution in [3.63, 3.8) is 0 Å². The first-order valence-electron chi connectivity index (χ1n) is 7.55. The third-order valence-electron chi connectivity index (χ3n) is 3.66. The minimum absolute atomic E-state index is 0.234. The number of aldehydes is 1. The summed E-state index contributed by atoms with van der Waals surface area (Å²) < 4.78 is 25.0. The van der Waals surface area contributed by atoms with Gasteiger partial charge in [-0.2, -0.15) is 0 Å². The first-order chi connectivity index (χ1) is 10.1. The van der Waals surface area contributed by atoms with Gasteiger partial charge in [-0.3, -0.25) is 9.09 Å². The number of carbonyl (C=O) groups excluding carboxylic acids is 1. The van der Waals surface area contributed by atoms with Crippen molar-refractivity contribution in [2.45, 2.75) is 45.3 Å². The SMILES string of the molecule is CCOC1(OP(=O)(CCC=O)c2ccccc2CC)CC1. The van der Waals surface area contributed by atoms with E-state index in [1.165, 1.54) is 0 Å². The van der Waals surface area contributed by atoms with Gasteiger partial charge in [0.25, 0.3) is 0 Å². The molecule has 4 nitrogen and oxygen atoms in total. The topological polar surface area (TPSA) is 52.6 Å². The highest BCUT2D eigenvalue weighted by atomic mass is 31.2. The molecule has 1 aromatic carbocycles. The van der Waals surface area contributed by atoms with Gasteiger partial charge < -0.3 is 9.53 Å². The lowest BCUT2D eigenvalue weighted by Crippen LogP contribution is -2.24. The van der Waals surface area contributed by atoms with Crippen LogP contribution < -0.4 is 5.30 Å². The Morgan fingerprint density at radius 2 is 2.00 bits per heavy atom. The predicted molar refractivity (Wildman–Crippen MR) is 83.3 cm³/mol. The van der Waals surface area contributed by atoms with E-state index in [1.807, 2.05) is 38.1 Å². The molecule has 1 aromatic rings. The molecule has 21 heavy (non-hydrogen) atoms. The second-order valence-corrected chi connectivity index (χ2v) is 7.73. The fourth-order valence-electron chi connectivity index (χ4n) is 2.48. The zero-order valence-electron chi connectivity index (χ0n) is 12.7. The summed E-state index contributed by atoms with van der Waals surface area (Å²) in [5.74, 6) is -0.700. The van der Waals surface area contributed by atoms with Crippen LogP contribution in [0.15, 0.2) is 24.3 Å². The van der Waals surface area contributed by atoms with Gasteiger partial charge in [-0.15, -0.1) is 0 Å². The molecule has 0 amide bonds. The summed E-state index contributed by atoms with van der Waals surface area (Å²) in [5.41, 5.74) is 1.01. The summed E-state index contributed by atoms with van der Waals surface area (Å²) in [7, 11) is -3.09. The Balaban J connectivity index is 2.32. The van der Waals surface area contributed by atoms with Gasteiger partial charge in [0.15, 0.2) is 5.79 Å². The van der Waals surface area contributed by atoms with E-state index in [4.69, 9.17) is 9.26 Å². The van der Waals surface area contributed by atoms with E-state index in [-0.39, 0.29) is 12.6 Å². The van der Waals surface area contributed by atoms with E-state index in [1.54, 1.807) is 0 Å². The smallest absolute Gasteiger partial charge is 0.235 e. The third-order valence-corrected chi connectivity index (χ3v) is 6.31. The van der Waals surface area contributed by atoms with Crippen LogP contribution in [0.4, 0.5) is 0 Å². The first-order valence-corrected chi connectivity index (χ1v) is 9.36. The van der Waals surface area contributed by atoms with Crippen molar-refractivity contribution in [3.05, 3.63) is 29.8 Å². The highest BCUT2D eigenvalue weighted by Gasteiger charge is 2.50. The Kier molecular flexibility index (Phi) is 5.37. The largest absolute Gasteiger partial charge is 0.350 e. The second kappa shape index (κ2) is 6.87. The lowest BCUT2D eigenvalue weighted by Gasteiger charge is -2.26. The maximum absolute atomic E-state index is 13.4. The normalized spacial score (nSPS) is 19.0. The van der Waals surface area contributed by atoms with Crippen LogP contribution in [0.3, 0.4) is 0 Å². The van der Waals surface area contributed by atoms with Crippen LogP contribution in [0.2, 0.25) is 0 Å². The lowest BCUT2D eigenvalue weighted by atomic mass is 10.2. The molecule has 0 aliphatic heterocycles. The number of hydrogen-bond donors (Lipinski definition) is 0. The van der Waals surface area contributed by atoms with Gasteiger partial charge in [0.2, 0.25) is 7.37 Å². The average Bonchev–Trinajstić information content (AvgIpc) is 3.24. The van der Waals surface area contributed by atoms with E-state index < -0.39 is 13.2 Å². The van der Waals surface area contributed by atoms with Crippen molar-refractivity contribution in [2.75, 3.05) is 12.8 Å². The number of hydrogen-bond acceptors (Lipinski definition) is 4.